The second-order valence-corrected chi connectivity index (χ2v) is 9.43. The molecule has 158 valence electrons. The average Bonchev–Trinajstić information content (AvgIpc) is 3.24. The topological polar surface area (TPSA) is 63.1 Å². The van der Waals surface area contributed by atoms with Gasteiger partial charge in [-0.15, -0.1) is 0 Å². The van der Waals surface area contributed by atoms with Crippen LogP contribution in [0, 0.1) is 0 Å². The molecule has 1 aliphatic rings. The third-order valence-electron chi connectivity index (χ3n) is 5.47. The molecule has 3 rings (SSSR count). The van der Waals surface area contributed by atoms with Crippen molar-refractivity contribution in [2.45, 2.75) is 30.7 Å². The minimum Gasteiger partial charge on any atom is -0.494 e. The molecule has 1 fully saturated rings. The first-order valence-electron chi connectivity index (χ1n) is 10.2. The van der Waals surface area contributed by atoms with Crippen molar-refractivity contribution in [1.82, 2.24) is 4.72 Å². The molecule has 1 heterocycles. The average molecular weight is 419 g/mol. The fourth-order valence-corrected chi connectivity index (χ4v) is 4.89. The quantitative estimate of drug-likeness (QED) is 0.652. The highest BCUT2D eigenvalue weighted by atomic mass is 32.2. The highest BCUT2D eigenvalue weighted by Gasteiger charge is 2.29. The summed E-state index contributed by atoms with van der Waals surface area (Å²) in [5.41, 5.74) is 2.31. The van der Waals surface area contributed by atoms with E-state index in [0.29, 0.717) is 18.9 Å². The number of ether oxygens (including phenoxy) is 1. The molecule has 6 nitrogen and oxygen atoms in total. The number of nitrogens with one attached hydrogen (secondary N) is 2. The van der Waals surface area contributed by atoms with Crippen LogP contribution in [0.3, 0.4) is 0 Å². The van der Waals surface area contributed by atoms with E-state index < -0.39 is 10.0 Å². The minimum absolute atomic E-state index is 0.103. The summed E-state index contributed by atoms with van der Waals surface area (Å²) in [5.74, 6) is 0.673. The van der Waals surface area contributed by atoms with Crippen molar-refractivity contribution in [3.05, 3.63) is 54.1 Å². The van der Waals surface area contributed by atoms with Crippen molar-refractivity contribution < 1.29 is 18.1 Å². The summed E-state index contributed by atoms with van der Waals surface area (Å²) in [4.78, 5) is 3.77. The second-order valence-electron chi connectivity index (χ2n) is 7.66. The normalized spacial score (nSPS) is 16.0. The molecule has 1 aliphatic heterocycles. The largest absolute Gasteiger partial charge is 0.494 e. The molecular formula is C22H32N3O3S+. The molecule has 0 unspecified atom stereocenters. The van der Waals surface area contributed by atoms with Gasteiger partial charge in [0, 0.05) is 38.2 Å². The third kappa shape index (κ3) is 5.50. The van der Waals surface area contributed by atoms with E-state index in [9.17, 15) is 8.42 Å². The molecule has 29 heavy (non-hydrogen) atoms. The van der Waals surface area contributed by atoms with E-state index in [4.69, 9.17) is 4.74 Å². The lowest BCUT2D eigenvalue weighted by molar-refractivity contribution is -0.918. The van der Waals surface area contributed by atoms with Crippen LogP contribution >= 0.6 is 0 Å². The molecule has 0 aliphatic carbocycles. The molecule has 2 aromatic rings. The van der Waals surface area contributed by atoms with E-state index in [1.165, 1.54) is 23.3 Å². The molecule has 0 spiro atoms. The van der Waals surface area contributed by atoms with Gasteiger partial charge in [-0.1, -0.05) is 12.1 Å². The highest BCUT2D eigenvalue weighted by Crippen LogP contribution is 2.19. The summed E-state index contributed by atoms with van der Waals surface area (Å²) < 4.78 is 33.9. The summed E-state index contributed by atoms with van der Waals surface area (Å²) >= 11 is 0. The minimum atomic E-state index is -3.57. The number of nitrogens with zero attached hydrogens (tertiary/aromatic N) is 1. The molecular weight excluding hydrogens is 386 g/mol. The Morgan fingerprint density at radius 1 is 1.03 bits per heavy atom. The summed E-state index contributed by atoms with van der Waals surface area (Å²) in [6.07, 6.45) is 2.38. The van der Waals surface area contributed by atoms with Gasteiger partial charge in [0.05, 0.1) is 31.1 Å². The lowest BCUT2D eigenvalue weighted by Crippen LogP contribution is -3.11. The van der Waals surface area contributed by atoms with Crippen LogP contribution < -0.4 is 19.3 Å². The van der Waals surface area contributed by atoms with Crippen LogP contribution in [0.5, 0.6) is 5.75 Å². The SMILES string of the molecule is CCOc1ccc(S(=O)(=O)NC[C@H](c2ccc(N(C)C)cc2)[NH+]2CCCC2)cc1. The number of quaternary nitrogens is 1. The Morgan fingerprint density at radius 3 is 2.21 bits per heavy atom. The van der Waals surface area contributed by atoms with Crippen molar-refractivity contribution in [3.8, 4) is 5.75 Å². The molecule has 0 saturated carbocycles. The van der Waals surface area contributed by atoms with Crippen LogP contribution in [0.4, 0.5) is 5.69 Å². The first kappa shape index (κ1) is 21.6. The van der Waals surface area contributed by atoms with Gasteiger partial charge in [0.15, 0.2) is 0 Å². The first-order chi connectivity index (χ1) is 13.9. The molecule has 1 atom stereocenters. The van der Waals surface area contributed by atoms with Gasteiger partial charge < -0.3 is 14.5 Å². The number of hydrogen-bond donors (Lipinski definition) is 2. The van der Waals surface area contributed by atoms with Crippen molar-refractivity contribution >= 4 is 15.7 Å². The van der Waals surface area contributed by atoms with Crippen LogP contribution in [0.2, 0.25) is 0 Å². The smallest absolute Gasteiger partial charge is 0.240 e. The molecule has 7 heteroatoms. The summed E-state index contributed by atoms with van der Waals surface area (Å²) in [5, 5.41) is 0. The number of benzene rings is 2. The van der Waals surface area contributed by atoms with E-state index in [2.05, 4.69) is 33.9 Å². The predicted molar refractivity (Wildman–Crippen MR) is 116 cm³/mol. The third-order valence-corrected chi connectivity index (χ3v) is 6.91. The predicted octanol–water partition coefficient (Wildman–Crippen LogP) is 1.85. The Balaban J connectivity index is 1.75. The van der Waals surface area contributed by atoms with E-state index in [1.807, 2.05) is 21.0 Å². The molecule has 2 N–H and O–H groups in total. The molecule has 0 aromatic heterocycles. The van der Waals surface area contributed by atoms with E-state index in [1.54, 1.807) is 24.3 Å². The zero-order valence-corrected chi connectivity index (χ0v) is 18.3. The lowest BCUT2D eigenvalue weighted by Gasteiger charge is -2.26. The maximum absolute atomic E-state index is 12.8. The molecule has 0 amide bonds. The fourth-order valence-electron chi connectivity index (χ4n) is 3.84. The van der Waals surface area contributed by atoms with Crippen LogP contribution in [0.1, 0.15) is 31.4 Å². The molecule has 0 bridgehead atoms. The second kappa shape index (κ2) is 9.61. The van der Waals surface area contributed by atoms with E-state index >= 15 is 0 Å². The monoisotopic (exact) mass is 418 g/mol. The number of hydrogen-bond acceptors (Lipinski definition) is 4. The van der Waals surface area contributed by atoms with Gasteiger partial charge in [-0.2, -0.15) is 0 Å². The number of sulfonamides is 1. The van der Waals surface area contributed by atoms with Gasteiger partial charge in [0.2, 0.25) is 10.0 Å². The van der Waals surface area contributed by atoms with Crippen molar-refractivity contribution in [2.24, 2.45) is 0 Å². The van der Waals surface area contributed by atoms with Crippen LogP contribution in [-0.4, -0.2) is 48.8 Å². The van der Waals surface area contributed by atoms with Gasteiger partial charge in [-0.25, -0.2) is 13.1 Å². The van der Waals surface area contributed by atoms with Crippen molar-refractivity contribution in [2.75, 3.05) is 45.2 Å². The molecule has 1 saturated heterocycles. The van der Waals surface area contributed by atoms with Gasteiger partial charge in [-0.05, 0) is 43.3 Å². The first-order valence-corrected chi connectivity index (χ1v) is 11.7. The lowest BCUT2D eigenvalue weighted by atomic mass is 10.1. The van der Waals surface area contributed by atoms with Crippen molar-refractivity contribution in [1.29, 1.82) is 0 Å². The zero-order valence-electron chi connectivity index (χ0n) is 17.5. The van der Waals surface area contributed by atoms with Gasteiger partial charge in [-0.3, -0.25) is 0 Å². The summed E-state index contributed by atoms with van der Waals surface area (Å²) in [7, 11) is 0.461. The molecule has 0 radical (unpaired) electrons. The Bertz CT molecular complexity index is 875. The van der Waals surface area contributed by atoms with Gasteiger partial charge in [0.1, 0.15) is 11.8 Å². The van der Waals surface area contributed by atoms with Gasteiger partial charge in [0.25, 0.3) is 0 Å². The van der Waals surface area contributed by atoms with Crippen molar-refractivity contribution in [3.63, 3.8) is 0 Å². The number of rotatable bonds is 9. The van der Waals surface area contributed by atoms with E-state index in [0.717, 1.165) is 18.8 Å². The summed E-state index contributed by atoms with van der Waals surface area (Å²) in [6, 6.07) is 15.1. The van der Waals surface area contributed by atoms with Gasteiger partial charge >= 0.3 is 0 Å². The highest BCUT2D eigenvalue weighted by molar-refractivity contribution is 7.89. The summed E-state index contributed by atoms with van der Waals surface area (Å²) in [6.45, 7) is 4.98. The zero-order chi connectivity index (χ0) is 20.9. The Morgan fingerprint density at radius 2 is 1.66 bits per heavy atom. The standard InChI is InChI=1S/C22H31N3O3S/c1-4-28-20-11-13-21(14-12-20)29(26,27)23-17-22(25-15-5-6-16-25)18-7-9-19(10-8-18)24(2)3/h7-14,22-23H,4-6,15-17H2,1-3H3/p+1/t22-/m1/s1. The fraction of sp³-hybridized carbons (Fsp3) is 0.455. The maximum Gasteiger partial charge on any atom is 0.240 e. The van der Waals surface area contributed by atoms with E-state index in [-0.39, 0.29) is 10.9 Å². The Hall–Kier alpha value is -2.09. The van der Waals surface area contributed by atoms with Crippen LogP contribution in [0.15, 0.2) is 53.4 Å². The number of likely N-dealkylation sites (tertiary alicyclic amines) is 1. The Labute approximate surface area is 174 Å². The number of anilines is 1. The van der Waals surface area contributed by atoms with Crippen LogP contribution in [-0.2, 0) is 10.0 Å². The maximum atomic E-state index is 12.8. The molecule has 2 aromatic carbocycles. The Kier molecular flexibility index (Phi) is 7.16. The van der Waals surface area contributed by atoms with Crippen LogP contribution in [0.25, 0.3) is 0 Å².